The highest BCUT2D eigenvalue weighted by atomic mass is 16.1. The second-order valence-corrected chi connectivity index (χ2v) is 3.24. The third kappa shape index (κ3) is 1.71. The Morgan fingerprint density at radius 3 is 2.80 bits per heavy atom. The third-order valence-electron chi connectivity index (χ3n) is 2.07. The number of aromatic nitrogens is 2. The van der Waals surface area contributed by atoms with E-state index in [0.29, 0.717) is 11.4 Å². The van der Waals surface area contributed by atoms with Gasteiger partial charge in [-0.1, -0.05) is 6.07 Å². The van der Waals surface area contributed by atoms with Crippen LogP contribution in [0.4, 0.5) is 5.69 Å². The minimum atomic E-state index is -0.116. The van der Waals surface area contributed by atoms with Crippen molar-refractivity contribution in [2.75, 3.05) is 0 Å². The molecule has 1 aromatic carbocycles. The standard InChI is InChI=1S/C10H10N4O/c1-7-5-10(15)14(13-7)9-4-2-3-8(6-9)12-11/h2-6,11,13H,1H3. The van der Waals surface area contributed by atoms with Crippen molar-refractivity contribution >= 4 is 5.69 Å². The van der Waals surface area contributed by atoms with Crippen molar-refractivity contribution < 1.29 is 0 Å². The van der Waals surface area contributed by atoms with E-state index in [0.717, 1.165) is 5.69 Å². The summed E-state index contributed by atoms with van der Waals surface area (Å²) in [6.45, 7) is 1.82. The molecule has 2 N–H and O–H groups in total. The Hall–Kier alpha value is -2.17. The summed E-state index contributed by atoms with van der Waals surface area (Å²) in [6.07, 6.45) is 0. The molecule has 15 heavy (non-hydrogen) atoms. The minimum Gasteiger partial charge on any atom is -0.295 e. The monoisotopic (exact) mass is 202 g/mol. The molecular formula is C10H10N4O. The number of aryl methyl sites for hydroxylation is 1. The average Bonchev–Trinajstić information content (AvgIpc) is 2.58. The molecular weight excluding hydrogens is 192 g/mol. The lowest BCUT2D eigenvalue weighted by molar-refractivity contribution is 0.835. The molecule has 0 radical (unpaired) electrons. The number of H-pyrrole nitrogens is 1. The van der Waals surface area contributed by atoms with Gasteiger partial charge in [0.15, 0.2) is 0 Å². The van der Waals surface area contributed by atoms with Crippen LogP contribution >= 0.6 is 0 Å². The zero-order valence-electron chi connectivity index (χ0n) is 8.19. The summed E-state index contributed by atoms with van der Waals surface area (Å²) in [5.41, 5.74) is 8.77. The van der Waals surface area contributed by atoms with Crippen LogP contribution in [-0.4, -0.2) is 9.78 Å². The quantitative estimate of drug-likeness (QED) is 0.719. The molecule has 5 heteroatoms. The number of nitrogens with zero attached hydrogens (tertiary/aromatic N) is 2. The van der Waals surface area contributed by atoms with Gasteiger partial charge in [0.25, 0.3) is 5.56 Å². The Bertz CT molecular complexity index is 553. The second kappa shape index (κ2) is 3.53. The fraction of sp³-hybridized carbons (Fsp3) is 0.100. The van der Waals surface area contributed by atoms with Crippen molar-refractivity contribution in [3.63, 3.8) is 0 Å². The van der Waals surface area contributed by atoms with Gasteiger partial charge >= 0.3 is 0 Å². The molecule has 0 fully saturated rings. The highest BCUT2D eigenvalue weighted by Crippen LogP contribution is 2.15. The van der Waals surface area contributed by atoms with Crippen LogP contribution in [0.5, 0.6) is 0 Å². The summed E-state index contributed by atoms with van der Waals surface area (Å²) in [5.74, 6) is 0. The molecule has 2 aromatic rings. The van der Waals surface area contributed by atoms with Gasteiger partial charge in [0.05, 0.1) is 11.4 Å². The molecule has 1 aromatic heterocycles. The van der Waals surface area contributed by atoms with Gasteiger partial charge in [0, 0.05) is 11.8 Å². The molecule has 0 spiro atoms. The van der Waals surface area contributed by atoms with E-state index in [-0.39, 0.29) is 5.56 Å². The van der Waals surface area contributed by atoms with Crippen molar-refractivity contribution in [3.8, 4) is 5.69 Å². The molecule has 0 aliphatic heterocycles. The minimum absolute atomic E-state index is 0.116. The van der Waals surface area contributed by atoms with Gasteiger partial charge in [0.2, 0.25) is 0 Å². The zero-order chi connectivity index (χ0) is 10.8. The first-order valence-corrected chi connectivity index (χ1v) is 4.47. The van der Waals surface area contributed by atoms with Crippen LogP contribution in [0.3, 0.4) is 0 Å². The lowest BCUT2D eigenvalue weighted by atomic mass is 10.3. The Morgan fingerprint density at radius 1 is 1.40 bits per heavy atom. The molecule has 1 heterocycles. The largest absolute Gasteiger partial charge is 0.295 e. The number of aromatic amines is 1. The van der Waals surface area contributed by atoms with Crippen molar-refractivity contribution in [1.82, 2.24) is 9.78 Å². The topological polar surface area (TPSA) is 74.0 Å². The lowest BCUT2D eigenvalue weighted by Gasteiger charge is -2.01. The molecule has 0 aliphatic rings. The smallest absolute Gasteiger partial charge is 0.271 e. The number of nitrogens with one attached hydrogen (secondary N) is 2. The predicted octanol–water partition coefficient (Wildman–Crippen LogP) is 2.14. The van der Waals surface area contributed by atoms with Crippen LogP contribution in [-0.2, 0) is 0 Å². The fourth-order valence-electron chi connectivity index (χ4n) is 1.41. The van der Waals surface area contributed by atoms with Gasteiger partial charge < -0.3 is 0 Å². The van der Waals surface area contributed by atoms with Gasteiger partial charge in [0.1, 0.15) is 0 Å². The third-order valence-corrected chi connectivity index (χ3v) is 2.07. The molecule has 0 saturated heterocycles. The van der Waals surface area contributed by atoms with Crippen LogP contribution < -0.4 is 5.56 Å². The lowest BCUT2D eigenvalue weighted by Crippen LogP contribution is -2.13. The second-order valence-electron chi connectivity index (χ2n) is 3.24. The summed E-state index contributed by atoms with van der Waals surface area (Å²) < 4.78 is 1.42. The SMILES string of the molecule is Cc1cc(=O)n(-c2cccc(N=N)c2)[nH]1. The Labute approximate surface area is 85.9 Å². The van der Waals surface area contributed by atoms with Gasteiger partial charge in [-0.2, -0.15) is 5.11 Å². The molecule has 0 unspecified atom stereocenters. The summed E-state index contributed by atoms with van der Waals surface area (Å²) >= 11 is 0. The van der Waals surface area contributed by atoms with Crippen molar-refractivity contribution in [1.29, 1.82) is 5.53 Å². The molecule has 2 rings (SSSR count). The van der Waals surface area contributed by atoms with Crippen molar-refractivity contribution in [2.24, 2.45) is 5.11 Å². The average molecular weight is 202 g/mol. The van der Waals surface area contributed by atoms with Crippen molar-refractivity contribution in [2.45, 2.75) is 6.92 Å². The van der Waals surface area contributed by atoms with Crippen LogP contribution in [0.2, 0.25) is 0 Å². The van der Waals surface area contributed by atoms with Crippen molar-refractivity contribution in [3.05, 3.63) is 46.4 Å². The summed E-state index contributed by atoms with van der Waals surface area (Å²) in [4.78, 5) is 11.5. The molecule has 76 valence electrons. The number of hydrogen-bond donors (Lipinski definition) is 2. The van der Waals surface area contributed by atoms with E-state index in [4.69, 9.17) is 5.53 Å². The number of hydrogen-bond acceptors (Lipinski definition) is 3. The molecule has 0 saturated carbocycles. The predicted molar refractivity (Wildman–Crippen MR) is 55.9 cm³/mol. The first kappa shape index (κ1) is 9.39. The van der Waals surface area contributed by atoms with E-state index in [9.17, 15) is 4.79 Å². The maximum absolute atomic E-state index is 11.5. The number of rotatable bonds is 2. The van der Waals surface area contributed by atoms with Gasteiger partial charge in [-0.15, -0.1) is 0 Å². The Kier molecular flexibility index (Phi) is 2.21. The molecule has 0 bridgehead atoms. The Balaban J connectivity index is 2.58. The van der Waals surface area contributed by atoms with Gasteiger partial charge in [-0.3, -0.25) is 9.89 Å². The summed E-state index contributed by atoms with van der Waals surface area (Å²) in [5, 5.41) is 6.23. The van der Waals surface area contributed by atoms with Crippen LogP contribution in [0.15, 0.2) is 40.2 Å². The maximum Gasteiger partial charge on any atom is 0.271 e. The number of benzene rings is 1. The van der Waals surface area contributed by atoms with Crippen LogP contribution in [0.25, 0.3) is 5.69 Å². The normalized spacial score (nSPS) is 10.2. The van der Waals surface area contributed by atoms with Gasteiger partial charge in [-0.05, 0) is 25.1 Å². The first-order valence-electron chi connectivity index (χ1n) is 4.47. The van der Waals surface area contributed by atoms with E-state index in [2.05, 4.69) is 10.2 Å². The highest BCUT2D eigenvalue weighted by Gasteiger charge is 2.02. The van der Waals surface area contributed by atoms with E-state index in [1.54, 1.807) is 24.3 Å². The van der Waals surface area contributed by atoms with E-state index < -0.39 is 0 Å². The first-order chi connectivity index (χ1) is 7.20. The summed E-state index contributed by atoms with van der Waals surface area (Å²) in [6, 6.07) is 8.43. The molecule has 0 atom stereocenters. The van der Waals surface area contributed by atoms with E-state index >= 15 is 0 Å². The van der Waals surface area contributed by atoms with E-state index in [1.807, 2.05) is 6.92 Å². The van der Waals surface area contributed by atoms with Gasteiger partial charge in [-0.25, -0.2) is 10.2 Å². The molecule has 5 nitrogen and oxygen atoms in total. The van der Waals surface area contributed by atoms with E-state index in [1.165, 1.54) is 10.7 Å². The van der Waals surface area contributed by atoms with Crippen LogP contribution in [0.1, 0.15) is 5.69 Å². The highest BCUT2D eigenvalue weighted by molar-refractivity contribution is 5.46. The Morgan fingerprint density at radius 2 is 2.20 bits per heavy atom. The maximum atomic E-state index is 11.5. The molecule has 0 aliphatic carbocycles. The molecule has 0 amide bonds. The zero-order valence-corrected chi connectivity index (χ0v) is 8.19. The summed E-state index contributed by atoms with van der Waals surface area (Å²) in [7, 11) is 0. The van der Waals surface area contributed by atoms with Crippen LogP contribution in [0, 0.1) is 12.5 Å². The fourth-order valence-corrected chi connectivity index (χ4v) is 1.41.